The van der Waals surface area contributed by atoms with E-state index in [9.17, 15) is 9.18 Å². The zero-order valence-electron chi connectivity index (χ0n) is 18.4. The number of anilines is 3. The van der Waals surface area contributed by atoms with Gasteiger partial charge in [0.25, 0.3) is 5.91 Å². The highest BCUT2D eigenvalue weighted by atomic mass is 19.1. The minimum Gasteiger partial charge on any atom is -0.454 e. The number of benzene rings is 1. The third-order valence-electron chi connectivity index (χ3n) is 6.07. The molecule has 1 fully saturated rings. The highest BCUT2D eigenvalue weighted by Gasteiger charge is 2.24. The standard InChI is InChI=1S/C24H25FN6O3/c25-16-11-15(22(27)32)23(31-24(16)30-18-4-2-1-3-17(18)26)29-14-7-8-28-19(10-14)13-5-6-20-21(9-13)34-12-33-20/h5-11,17-18H,1-4,12,26H2,(H2,27,32)(H2,28,29,30,31). The van der Waals surface area contributed by atoms with Crippen molar-refractivity contribution in [2.45, 2.75) is 37.8 Å². The second-order valence-corrected chi connectivity index (χ2v) is 8.40. The number of aromatic nitrogens is 2. The number of primary amides is 1. The molecular formula is C24H25FN6O3. The van der Waals surface area contributed by atoms with Crippen molar-refractivity contribution in [1.29, 1.82) is 0 Å². The molecule has 2 aromatic heterocycles. The molecule has 3 aromatic rings. The van der Waals surface area contributed by atoms with Crippen LogP contribution in [0.15, 0.2) is 42.6 Å². The van der Waals surface area contributed by atoms with Gasteiger partial charge in [-0.1, -0.05) is 12.8 Å². The first kappa shape index (κ1) is 21.9. The summed E-state index contributed by atoms with van der Waals surface area (Å²) in [4.78, 5) is 20.8. The van der Waals surface area contributed by atoms with E-state index in [4.69, 9.17) is 20.9 Å². The van der Waals surface area contributed by atoms with Crippen LogP contribution in [0.5, 0.6) is 11.5 Å². The lowest BCUT2D eigenvalue weighted by atomic mass is 9.91. The number of amides is 1. The third-order valence-corrected chi connectivity index (χ3v) is 6.07. The monoisotopic (exact) mass is 464 g/mol. The summed E-state index contributed by atoms with van der Waals surface area (Å²) in [6.07, 6.45) is 5.37. The van der Waals surface area contributed by atoms with E-state index >= 15 is 0 Å². The molecule has 1 amide bonds. The Balaban J connectivity index is 1.44. The molecule has 10 heteroatoms. The molecule has 34 heavy (non-hydrogen) atoms. The molecule has 2 unspecified atom stereocenters. The topological polar surface area (TPSA) is 137 Å². The maximum Gasteiger partial charge on any atom is 0.252 e. The number of hydrogen-bond donors (Lipinski definition) is 4. The van der Waals surface area contributed by atoms with Gasteiger partial charge in [-0.15, -0.1) is 0 Å². The molecule has 5 rings (SSSR count). The number of nitrogens with two attached hydrogens (primary N) is 2. The Labute approximate surface area is 195 Å². The van der Waals surface area contributed by atoms with Gasteiger partial charge in [-0.3, -0.25) is 9.78 Å². The average molecular weight is 465 g/mol. The van der Waals surface area contributed by atoms with Gasteiger partial charge in [0.05, 0.1) is 11.3 Å². The van der Waals surface area contributed by atoms with Crippen molar-refractivity contribution in [3.63, 3.8) is 0 Å². The molecule has 0 bridgehead atoms. The molecule has 9 nitrogen and oxygen atoms in total. The van der Waals surface area contributed by atoms with E-state index in [1.807, 2.05) is 18.2 Å². The second-order valence-electron chi connectivity index (χ2n) is 8.40. The maximum atomic E-state index is 14.8. The number of fused-ring (bicyclic) bond motifs is 1. The summed E-state index contributed by atoms with van der Waals surface area (Å²) in [7, 11) is 0. The molecule has 2 atom stereocenters. The van der Waals surface area contributed by atoms with Crippen LogP contribution in [0.1, 0.15) is 36.0 Å². The number of ether oxygens (including phenoxy) is 2. The predicted molar refractivity (Wildman–Crippen MR) is 126 cm³/mol. The van der Waals surface area contributed by atoms with Crippen LogP contribution in [0, 0.1) is 5.82 Å². The van der Waals surface area contributed by atoms with Gasteiger partial charge in [-0.2, -0.15) is 0 Å². The number of nitrogens with zero attached hydrogens (tertiary/aromatic N) is 2. The van der Waals surface area contributed by atoms with Crippen molar-refractivity contribution in [2.75, 3.05) is 17.4 Å². The summed E-state index contributed by atoms with van der Waals surface area (Å²) in [5.41, 5.74) is 13.7. The first-order valence-electron chi connectivity index (χ1n) is 11.1. The van der Waals surface area contributed by atoms with Gasteiger partial charge >= 0.3 is 0 Å². The van der Waals surface area contributed by atoms with Crippen molar-refractivity contribution in [3.8, 4) is 22.8 Å². The average Bonchev–Trinajstić information content (AvgIpc) is 3.30. The Kier molecular flexibility index (Phi) is 5.89. The van der Waals surface area contributed by atoms with Gasteiger partial charge in [0.15, 0.2) is 23.1 Å². The Bertz CT molecular complexity index is 1240. The summed E-state index contributed by atoms with van der Waals surface area (Å²) in [6.45, 7) is 0.183. The third kappa shape index (κ3) is 4.44. The zero-order valence-corrected chi connectivity index (χ0v) is 18.4. The maximum absolute atomic E-state index is 14.8. The summed E-state index contributed by atoms with van der Waals surface area (Å²) >= 11 is 0. The van der Waals surface area contributed by atoms with E-state index in [-0.39, 0.29) is 36.1 Å². The Morgan fingerprint density at radius 1 is 1.06 bits per heavy atom. The number of carbonyl (C=O) groups excluding carboxylic acids is 1. The Morgan fingerprint density at radius 3 is 2.71 bits per heavy atom. The number of pyridine rings is 2. The van der Waals surface area contributed by atoms with Gasteiger partial charge in [0.2, 0.25) is 6.79 Å². The molecule has 1 aliphatic carbocycles. The van der Waals surface area contributed by atoms with Crippen LogP contribution in [-0.2, 0) is 0 Å². The van der Waals surface area contributed by atoms with E-state index in [2.05, 4.69) is 20.6 Å². The van der Waals surface area contributed by atoms with Gasteiger partial charge in [-0.25, -0.2) is 9.37 Å². The largest absolute Gasteiger partial charge is 0.454 e. The lowest BCUT2D eigenvalue weighted by molar-refractivity contribution is 0.100. The number of rotatable bonds is 6. The Morgan fingerprint density at radius 2 is 1.88 bits per heavy atom. The Hall–Kier alpha value is -3.92. The van der Waals surface area contributed by atoms with Crippen LogP contribution in [0.4, 0.5) is 21.7 Å². The highest BCUT2D eigenvalue weighted by molar-refractivity contribution is 5.98. The summed E-state index contributed by atoms with van der Waals surface area (Å²) in [5.74, 6) is 0.0409. The molecule has 176 valence electrons. The van der Waals surface area contributed by atoms with Crippen molar-refractivity contribution >= 4 is 23.2 Å². The van der Waals surface area contributed by atoms with Crippen LogP contribution >= 0.6 is 0 Å². The van der Waals surface area contributed by atoms with E-state index < -0.39 is 11.7 Å². The molecule has 0 spiro atoms. The molecule has 1 saturated carbocycles. The highest BCUT2D eigenvalue weighted by Crippen LogP contribution is 2.36. The normalized spacial score (nSPS) is 19.0. The van der Waals surface area contributed by atoms with E-state index in [0.717, 1.165) is 37.3 Å². The number of halogens is 1. The molecule has 0 saturated heterocycles. The van der Waals surface area contributed by atoms with E-state index in [1.54, 1.807) is 18.3 Å². The first-order valence-corrected chi connectivity index (χ1v) is 11.1. The fourth-order valence-corrected chi connectivity index (χ4v) is 4.25. The molecule has 0 radical (unpaired) electrons. The van der Waals surface area contributed by atoms with Crippen LogP contribution < -0.4 is 31.6 Å². The van der Waals surface area contributed by atoms with Crippen LogP contribution in [-0.4, -0.2) is 34.8 Å². The van der Waals surface area contributed by atoms with Crippen molar-refractivity contribution in [2.24, 2.45) is 11.5 Å². The van der Waals surface area contributed by atoms with E-state index in [1.165, 1.54) is 0 Å². The predicted octanol–water partition coefficient (Wildman–Crippen LogP) is 3.54. The zero-order chi connectivity index (χ0) is 23.7. The molecule has 2 aliphatic rings. The minimum atomic E-state index is -0.792. The quantitative estimate of drug-likeness (QED) is 0.435. The number of carbonyl (C=O) groups is 1. The van der Waals surface area contributed by atoms with E-state index in [0.29, 0.717) is 22.9 Å². The lowest BCUT2D eigenvalue weighted by Gasteiger charge is -2.30. The molecule has 6 N–H and O–H groups in total. The molecule has 1 aliphatic heterocycles. The van der Waals surface area contributed by atoms with Crippen LogP contribution in [0.3, 0.4) is 0 Å². The fourth-order valence-electron chi connectivity index (χ4n) is 4.25. The summed E-state index contributed by atoms with van der Waals surface area (Å²) in [5, 5.41) is 6.20. The van der Waals surface area contributed by atoms with Crippen LogP contribution in [0.2, 0.25) is 0 Å². The summed E-state index contributed by atoms with van der Waals surface area (Å²) < 4.78 is 25.6. The first-order chi connectivity index (χ1) is 16.5. The van der Waals surface area contributed by atoms with Crippen molar-refractivity contribution in [3.05, 3.63) is 54.0 Å². The SMILES string of the molecule is NC(=O)c1cc(F)c(NC2CCCCC2N)nc1Nc1ccnc(-c2ccc3c(c2)OCO3)c1. The summed E-state index contributed by atoms with van der Waals surface area (Å²) in [6, 6.07) is 9.95. The lowest BCUT2D eigenvalue weighted by Crippen LogP contribution is -2.43. The number of nitrogens with one attached hydrogen (secondary N) is 2. The number of hydrogen-bond acceptors (Lipinski definition) is 8. The van der Waals surface area contributed by atoms with Gasteiger partial charge in [0, 0.05) is 29.5 Å². The molecular weight excluding hydrogens is 439 g/mol. The molecule has 3 heterocycles. The smallest absolute Gasteiger partial charge is 0.252 e. The van der Waals surface area contributed by atoms with Gasteiger partial charge in [0.1, 0.15) is 5.82 Å². The van der Waals surface area contributed by atoms with Crippen molar-refractivity contribution < 1.29 is 18.7 Å². The van der Waals surface area contributed by atoms with Gasteiger partial charge in [-0.05, 0) is 49.2 Å². The van der Waals surface area contributed by atoms with Gasteiger partial charge < -0.3 is 31.6 Å². The molecule has 1 aromatic carbocycles. The fraction of sp³-hybridized carbons (Fsp3) is 0.292. The van der Waals surface area contributed by atoms with Crippen molar-refractivity contribution in [1.82, 2.24) is 9.97 Å². The minimum absolute atomic E-state index is 0.0277. The second kappa shape index (κ2) is 9.14. The van der Waals surface area contributed by atoms with Crippen LogP contribution in [0.25, 0.3) is 11.3 Å².